The lowest BCUT2D eigenvalue weighted by Crippen LogP contribution is -2.36. The quantitative estimate of drug-likeness (QED) is 0.367. The minimum atomic E-state index is -0.833. The number of carbonyl (C=O) groups is 3. The highest BCUT2D eigenvalue weighted by atomic mass is 16.6. The molecule has 1 saturated carbocycles. The van der Waals surface area contributed by atoms with Gasteiger partial charge in [-0.3, -0.25) is 19.5 Å². The molecule has 1 fully saturated rings. The Morgan fingerprint density at radius 2 is 1.92 bits per heavy atom. The highest BCUT2D eigenvalue weighted by molar-refractivity contribution is 5.98. The lowest BCUT2D eigenvalue weighted by atomic mass is 10.2. The number of hydrogen-bond donors (Lipinski definition) is 3. The number of ether oxygens (including phenoxy) is 2. The number of amides is 2. The average molecular weight is 504 g/mol. The van der Waals surface area contributed by atoms with Gasteiger partial charge in [0.2, 0.25) is 5.88 Å². The maximum atomic E-state index is 13.5. The van der Waals surface area contributed by atoms with Crippen LogP contribution in [-0.2, 0) is 20.8 Å². The molecule has 2 amide bonds. The normalized spacial score (nSPS) is 13.9. The summed E-state index contributed by atoms with van der Waals surface area (Å²) >= 11 is 0. The van der Waals surface area contributed by atoms with Crippen molar-refractivity contribution in [3.63, 3.8) is 0 Å². The minimum absolute atomic E-state index is 0.0329. The Bertz CT molecular complexity index is 1260. The third-order valence-electron chi connectivity index (χ3n) is 5.01. The molecule has 1 aliphatic rings. The van der Waals surface area contributed by atoms with Crippen LogP contribution in [0.25, 0.3) is 11.7 Å². The van der Waals surface area contributed by atoms with E-state index >= 15 is 0 Å². The summed E-state index contributed by atoms with van der Waals surface area (Å²) < 4.78 is 12.5. The third kappa shape index (κ3) is 6.23. The molecule has 0 aromatic carbocycles. The van der Waals surface area contributed by atoms with E-state index in [2.05, 4.69) is 15.7 Å². The zero-order valence-corrected chi connectivity index (χ0v) is 21.4. The molecule has 3 rings (SSSR count). The molecule has 0 aliphatic heterocycles. The standard InChI is InChI=1S/C24H33N5O7/c1-7-35-16(30)11-10-15-18(26-23(34)36-24(4,5)6)27-29-20(15)28(12-13(2)3)21(32)17(22(29)33)19(31)25-14-8-9-14/h10-11,13-14,33H,7-9,12H2,1-6H3,(H,25,31)(H,26,27,34)/b11-10+. The van der Waals surface area contributed by atoms with Crippen molar-refractivity contribution in [1.29, 1.82) is 0 Å². The van der Waals surface area contributed by atoms with Crippen molar-refractivity contribution in [2.75, 3.05) is 11.9 Å². The molecule has 0 atom stereocenters. The molecule has 0 spiro atoms. The summed E-state index contributed by atoms with van der Waals surface area (Å²) in [4.78, 5) is 50.9. The van der Waals surface area contributed by atoms with Crippen LogP contribution in [-0.4, -0.2) is 55.5 Å². The number of aromatic nitrogens is 3. The van der Waals surface area contributed by atoms with Gasteiger partial charge in [0, 0.05) is 18.7 Å². The van der Waals surface area contributed by atoms with Gasteiger partial charge in [0.1, 0.15) is 5.60 Å². The summed E-state index contributed by atoms with van der Waals surface area (Å²) in [6, 6.07) is -0.0457. The van der Waals surface area contributed by atoms with E-state index in [4.69, 9.17) is 9.47 Å². The summed E-state index contributed by atoms with van der Waals surface area (Å²) in [5.41, 5.74) is -1.75. The number of aromatic hydroxyl groups is 1. The molecule has 196 valence electrons. The molecule has 12 heteroatoms. The van der Waals surface area contributed by atoms with E-state index in [0.29, 0.717) is 0 Å². The molecular weight excluding hydrogens is 470 g/mol. The summed E-state index contributed by atoms with van der Waals surface area (Å²) in [5.74, 6) is -2.16. The fraction of sp³-hybridized carbons (Fsp3) is 0.542. The molecule has 2 heterocycles. The topological polar surface area (TPSA) is 153 Å². The summed E-state index contributed by atoms with van der Waals surface area (Å²) in [6.45, 7) is 10.8. The lowest BCUT2D eigenvalue weighted by molar-refractivity contribution is -0.137. The Morgan fingerprint density at radius 1 is 1.25 bits per heavy atom. The van der Waals surface area contributed by atoms with Crippen molar-refractivity contribution in [3.05, 3.63) is 27.6 Å². The highest BCUT2D eigenvalue weighted by Crippen LogP contribution is 2.28. The molecule has 2 aromatic heterocycles. The number of carbonyl (C=O) groups excluding carboxylic acids is 3. The molecule has 3 N–H and O–H groups in total. The van der Waals surface area contributed by atoms with Crippen molar-refractivity contribution >= 4 is 35.5 Å². The van der Waals surface area contributed by atoms with E-state index in [-0.39, 0.29) is 42.1 Å². The molecule has 0 saturated heterocycles. The molecule has 0 bridgehead atoms. The van der Waals surface area contributed by atoms with Crippen LogP contribution in [0.2, 0.25) is 0 Å². The van der Waals surface area contributed by atoms with Crippen LogP contribution in [0.1, 0.15) is 70.3 Å². The Hall–Kier alpha value is -3.83. The van der Waals surface area contributed by atoms with Gasteiger partial charge in [0.25, 0.3) is 11.5 Å². The molecular formula is C24H33N5O7. The SMILES string of the molecule is CCOC(=O)/C=C/c1c(NC(=O)OC(C)(C)C)nn2c(O)c(C(=O)NC3CC3)c(=O)n(CC(C)C)c12. The molecule has 12 nitrogen and oxygen atoms in total. The number of nitrogens with zero attached hydrogens (tertiary/aromatic N) is 3. The van der Waals surface area contributed by atoms with Crippen molar-refractivity contribution in [2.24, 2.45) is 5.92 Å². The minimum Gasteiger partial charge on any atom is -0.492 e. The van der Waals surface area contributed by atoms with Gasteiger partial charge in [-0.2, -0.15) is 4.52 Å². The maximum absolute atomic E-state index is 13.5. The zero-order chi connectivity index (χ0) is 26.8. The number of hydrogen-bond acceptors (Lipinski definition) is 8. The first kappa shape index (κ1) is 26.8. The van der Waals surface area contributed by atoms with Crippen LogP contribution in [0.15, 0.2) is 10.9 Å². The Morgan fingerprint density at radius 3 is 2.47 bits per heavy atom. The fourth-order valence-corrected chi connectivity index (χ4v) is 3.47. The van der Waals surface area contributed by atoms with Gasteiger partial charge in [-0.05, 0) is 52.5 Å². The van der Waals surface area contributed by atoms with Gasteiger partial charge in [-0.25, -0.2) is 9.59 Å². The highest BCUT2D eigenvalue weighted by Gasteiger charge is 2.31. The second-order valence-corrected chi connectivity index (χ2v) is 9.97. The van der Waals surface area contributed by atoms with Crippen molar-refractivity contribution in [3.8, 4) is 5.88 Å². The number of fused-ring (bicyclic) bond motifs is 1. The maximum Gasteiger partial charge on any atom is 0.413 e. The number of anilines is 1. The first-order chi connectivity index (χ1) is 16.8. The van der Waals surface area contributed by atoms with E-state index in [1.54, 1.807) is 27.7 Å². The molecule has 36 heavy (non-hydrogen) atoms. The summed E-state index contributed by atoms with van der Waals surface area (Å²) in [7, 11) is 0. The first-order valence-corrected chi connectivity index (χ1v) is 11.9. The predicted octanol–water partition coefficient (Wildman–Crippen LogP) is 2.67. The lowest BCUT2D eigenvalue weighted by Gasteiger charge is -2.19. The Labute approximate surface area is 208 Å². The van der Waals surface area contributed by atoms with Crippen LogP contribution in [0, 0.1) is 5.92 Å². The second-order valence-electron chi connectivity index (χ2n) is 9.97. The van der Waals surface area contributed by atoms with Crippen molar-refractivity contribution in [2.45, 2.75) is 72.6 Å². The molecule has 1 aliphatic carbocycles. The van der Waals surface area contributed by atoms with E-state index in [1.807, 2.05) is 13.8 Å². The molecule has 2 aromatic rings. The Kier molecular flexibility index (Phi) is 7.75. The van der Waals surface area contributed by atoms with Gasteiger partial charge >= 0.3 is 12.1 Å². The monoisotopic (exact) mass is 503 g/mol. The predicted molar refractivity (Wildman–Crippen MR) is 132 cm³/mol. The van der Waals surface area contributed by atoms with Gasteiger partial charge in [0.05, 0.1) is 12.2 Å². The number of nitrogens with one attached hydrogen (secondary N) is 2. The van der Waals surface area contributed by atoms with Crippen LogP contribution in [0.4, 0.5) is 10.6 Å². The first-order valence-electron chi connectivity index (χ1n) is 11.9. The molecule has 0 unspecified atom stereocenters. The average Bonchev–Trinajstić information content (AvgIpc) is 3.48. The van der Waals surface area contributed by atoms with Crippen LogP contribution < -0.4 is 16.2 Å². The second kappa shape index (κ2) is 10.4. The van der Waals surface area contributed by atoms with Gasteiger partial charge in [-0.1, -0.05) is 13.8 Å². The number of esters is 1. The third-order valence-corrected chi connectivity index (χ3v) is 5.01. The smallest absolute Gasteiger partial charge is 0.413 e. The largest absolute Gasteiger partial charge is 0.492 e. The van der Waals surface area contributed by atoms with E-state index in [0.717, 1.165) is 23.4 Å². The fourth-order valence-electron chi connectivity index (χ4n) is 3.47. The van der Waals surface area contributed by atoms with Crippen LogP contribution in [0.3, 0.4) is 0 Å². The van der Waals surface area contributed by atoms with Gasteiger partial charge in [-0.15, -0.1) is 5.10 Å². The molecule has 0 radical (unpaired) electrons. The van der Waals surface area contributed by atoms with Crippen molar-refractivity contribution in [1.82, 2.24) is 19.5 Å². The van der Waals surface area contributed by atoms with Crippen LogP contribution >= 0.6 is 0 Å². The summed E-state index contributed by atoms with van der Waals surface area (Å²) in [6.07, 6.45) is 3.20. The van der Waals surface area contributed by atoms with Gasteiger partial charge in [0.15, 0.2) is 17.0 Å². The van der Waals surface area contributed by atoms with E-state index in [1.165, 1.54) is 10.6 Å². The van der Waals surface area contributed by atoms with E-state index < -0.39 is 40.6 Å². The van der Waals surface area contributed by atoms with Crippen molar-refractivity contribution < 1.29 is 29.0 Å². The van der Waals surface area contributed by atoms with E-state index in [9.17, 15) is 24.3 Å². The van der Waals surface area contributed by atoms with Crippen LogP contribution in [0.5, 0.6) is 5.88 Å². The Balaban J connectivity index is 2.26. The van der Waals surface area contributed by atoms with Gasteiger partial charge < -0.3 is 19.9 Å². The number of rotatable bonds is 8. The zero-order valence-electron chi connectivity index (χ0n) is 21.4. The summed E-state index contributed by atoms with van der Waals surface area (Å²) in [5, 5.41) is 20.5.